The number of hydrogen-bond donors (Lipinski definition) is 3. The van der Waals surface area contributed by atoms with E-state index in [4.69, 9.17) is 0 Å². The molecular formula is C26H33ClN4O2. The van der Waals surface area contributed by atoms with Gasteiger partial charge >= 0.3 is 0 Å². The zero-order valence-electron chi connectivity index (χ0n) is 18.9. The lowest BCUT2D eigenvalue weighted by atomic mass is 9.89. The highest BCUT2D eigenvalue weighted by molar-refractivity contribution is 5.95. The fourth-order valence-corrected chi connectivity index (χ4v) is 4.54. The van der Waals surface area contributed by atoms with Gasteiger partial charge in [0.05, 0.1) is 11.1 Å². The summed E-state index contributed by atoms with van der Waals surface area (Å²) in [4.78, 5) is 24.4. The summed E-state index contributed by atoms with van der Waals surface area (Å²) in [6.45, 7) is 2.09. The van der Waals surface area contributed by atoms with Crippen LogP contribution in [-0.4, -0.2) is 29.2 Å². The molecule has 0 spiro atoms. The van der Waals surface area contributed by atoms with Crippen molar-refractivity contribution in [1.29, 1.82) is 0 Å². The minimum absolute atomic E-state index is 0. The highest BCUT2D eigenvalue weighted by Crippen LogP contribution is 2.26. The molecule has 33 heavy (non-hydrogen) atoms. The van der Waals surface area contributed by atoms with Crippen LogP contribution in [0.15, 0.2) is 53.3 Å². The Kier molecular flexibility index (Phi) is 9.46. The lowest BCUT2D eigenvalue weighted by molar-refractivity contribution is -0.116. The second-order valence-corrected chi connectivity index (χ2v) is 8.74. The van der Waals surface area contributed by atoms with Crippen LogP contribution in [0.3, 0.4) is 0 Å². The van der Waals surface area contributed by atoms with Gasteiger partial charge in [0.15, 0.2) is 0 Å². The average Bonchev–Trinajstić information content (AvgIpc) is 2.82. The molecule has 0 aliphatic heterocycles. The third-order valence-electron chi connectivity index (χ3n) is 6.28. The first-order valence-electron chi connectivity index (χ1n) is 11.8. The summed E-state index contributed by atoms with van der Waals surface area (Å²) in [6, 6.07) is 15.0. The number of nitrogens with one attached hydrogen (secondary N) is 3. The number of rotatable bonds is 9. The third kappa shape index (κ3) is 6.89. The lowest BCUT2D eigenvalue weighted by Crippen LogP contribution is -2.25. The number of H-pyrrole nitrogens is 1. The van der Waals surface area contributed by atoms with Gasteiger partial charge in [-0.3, -0.25) is 9.59 Å². The first-order valence-corrected chi connectivity index (χ1v) is 11.8. The van der Waals surface area contributed by atoms with Crippen LogP contribution in [0.25, 0.3) is 22.0 Å². The normalized spacial score (nSPS) is 14.1. The Morgan fingerprint density at radius 2 is 1.79 bits per heavy atom. The summed E-state index contributed by atoms with van der Waals surface area (Å²) in [5.41, 5.74) is 2.07. The molecule has 6 nitrogen and oxygen atoms in total. The van der Waals surface area contributed by atoms with E-state index in [9.17, 15) is 9.59 Å². The predicted molar refractivity (Wildman–Crippen MR) is 137 cm³/mol. The zero-order chi connectivity index (χ0) is 22.2. The number of nitrogens with zero attached hydrogens (tertiary/aromatic N) is 1. The molecule has 0 bridgehead atoms. The maximum absolute atomic E-state index is 12.4. The maximum Gasteiger partial charge on any atom is 0.272 e. The van der Waals surface area contributed by atoms with E-state index in [1.54, 1.807) is 6.07 Å². The molecule has 1 heterocycles. The van der Waals surface area contributed by atoms with E-state index in [-0.39, 0.29) is 23.9 Å². The van der Waals surface area contributed by atoms with Crippen molar-refractivity contribution in [3.05, 3.63) is 58.9 Å². The van der Waals surface area contributed by atoms with E-state index < -0.39 is 0 Å². The highest BCUT2D eigenvalue weighted by atomic mass is 35.5. The molecule has 2 aromatic carbocycles. The molecule has 3 N–H and O–H groups in total. The number of hydrogen-bond acceptors (Lipinski definition) is 4. The topological polar surface area (TPSA) is 86.9 Å². The van der Waals surface area contributed by atoms with Crippen molar-refractivity contribution in [1.82, 2.24) is 15.5 Å². The molecule has 176 valence electrons. The van der Waals surface area contributed by atoms with E-state index in [2.05, 4.69) is 20.8 Å². The fraction of sp³-hybridized carbons (Fsp3) is 0.423. The van der Waals surface area contributed by atoms with Gasteiger partial charge in [-0.1, -0.05) is 49.6 Å². The maximum atomic E-state index is 12.4. The van der Waals surface area contributed by atoms with Crippen LogP contribution in [0.2, 0.25) is 0 Å². The summed E-state index contributed by atoms with van der Waals surface area (Å²) in [5, 5.41) is 14.8. The van der Waals surface area contributed by atoms with Gasteiger partial charge in [-0.2, -0.15) is 5.10 Å². The molecule has 4 rings (SSSR count). The first kappa shape index (κ1) is 24.9. The number of benzene rings is 2. The van der Waals surface area contributed by atoms with Gasteiger partial charge in [-0.05, 0) is 62.9 Å². The van der Waals surface area contributed by atoms with Crippen molar-refractivity contribution in [2.45, 2.75) is 51.4 Å². The van der Waals surface area contributed by atoms with E-state index in [0.29, 0.717) is 17.5 Å². The van der Waals surface area contributed by atoms with E-state index >= 15 is 0 Å². The van der Waals surface area contributed by atoms with Crippen LogP contribution < -0.4 is 16.2 Å². The number of halogens is 1. The smallest absolute Gasteiger partial charge is 0.272 e. The second kappa shape index (κ2) is 12.5. The Morgan fingerprint density at radius 1 is 1.00 bits per heavy atom. The molecule has 7 heteroatoms. The highest BCUT2D eigenvalue weighted by Gasteiger charge is 2.12. The van der Waals surface area contributed by atoms with Gasteiger partial charge in [0.2, 0.25) is 5.91 Å². The van der Waals surface area contributed by atoms with Gasteiger partial charge in [0.1, 0.15) is 0 Å². The zero-order valence-corrected chi connectivity index (χ0v) is 19.8. The van der Waals surface area contributed by atoms with Gasteiger partial charge in [-0.15, -0.1) is 12.4 Å². The van der Waals surface area contributed by atoms with Crippen molar-refractivity contribution in [2.24, 2.45) is 5.92 Å². The molecule has 1 saturated carbocycles. The molecule has 1 aromatic heterocycles. The Bertz CT molecular complexity index is 1110. The number of aromatic amines is 1. The van der Waals surface area contributed by atoms with Crippen molar-refractivity contribution >= 4 is 34.8 Å². The van der Waals surface area contributed by atoms with Crippen molar-refractivity contribution in [3.8, 4) is 11.3 Å². The summed E-state index contributed by atoms with van der Waals surface area (Å²) < 4.78 is 0. The van der Waals surface area contributed by atoms with Crippen LogP contribution >= 0.6 is 12.4 Å². The minimum Gasteiger partial charge on any atom is -0.326 e. The Hall–Kier alpha value is -2.70. The number of carbonyl (C=O) groups is 1. The molecule has 1 aliphatic rings. The van der Waals surface area contributed by atoms with Crippen molar-refractivity contribution < 1.29 is 4.79 Å². The molecule has 1 aliphatic carbocycles. The number of anilines is 1. The number of unbranched alkanes of at least 4 members (excludes halogenated alkanes) is 1. The van der Waals surface area contributed by atoms with Crippen LogP contribution in [0.5, 0.6) is 0 Å². The summed E-state index contributed by atoms with van der Waals surface area (Å²) in [7, 11) is 0. The first-order chi connectivity index (χ1) is 15.7. The molecule has 1 amide bonds. The number of aromatic nitrogens is 2. The molecule has 0 radical (unpaired) electrons. The van der Waals surface area contributed by atoms with Crippen LogP contribution in [0, 0.1) is 5.92 Å². The number of fused-ring (bicyclic) bond motifs is 1. The van der Waals surface area contributed by atoms with Crippen molar-refractivity contribution in [2.75, 3.05) is 18.4 Å². The van der Waals surface area contributed by atoms with Gasteiger partial charge in [0, 0.05) is 23.1 Å². The SMILES string of the molecule is Cl.O=C(CCCCNCC1CCCCC1)Nc1cccc(-c2n[nH]c(=O)c3ccccc23)c1. The molecule has 0 saturated heterocycles. The van der Waals surface area contributed by atoms with Crippen LogP contribution in [0.1, 0.15) is 51.4 Å². The largest absolute Gasteiger partial charge is 0.326 e. The predicted octanol–water partition coefficient (Wildman–Crippen LogP) is 5.29. The Labute approximate surface area is 201 Å². The van der Waals surface area contributed by atoms with E-state index in [1.165, 1.54) is 32.1 Å². The monoisotopic (exact) mass is 468 g/mol. The molecule has 0 unspecified atom stereocenters. The summed E-state index contributed by atoms with van der Waals surface area (Å²) in [6.07, 6.45) is 9.26. The molecule has 1 fully saturated rings. The van der Waals surface area contributed by atoms with E-state index in [0.717, 1.165) is 48.5 Å². The third-order valence-corrected chi connectivity index (χ3v) is 6.28. The van der Waals surface area contributed by atoms with Crippen molar-refractivity contribution in [3.63, 3.8) is 0 Å². The van der Waals surface area contributed by atoms with E-state index in [1.807, 2.05) is 42.5 Å². The number of amides is 1. The lowest BCUT2D eigenvalue weighted by Gasteiger charge is -2.21. The Balaban J connectivity index is 0.00000306. The molecule has 3 aromatic rings. The van der Waals surface area contributed by atoms with Gasteiger partial charge in [0.25, 0.3) is 5.56 Å². The molecule has 0 atom stereocenters. The Morgan fingerprint density at radius 3 is 2.61 bits per heavy atom. The van der Waals surface area contributed by atoms with Crippen LogP contribution in [0.4, 0.5) is 5.69 Å². The summed E-state index contributed by atoms with van der Waals surface area (Å²) in [5.74, 6) is 0.863. The molecular weight excluding hydrogens is 436 g/mol. The standard InChI is InChI=1S/C26H32N4O2.ClH/c31-24(15-6-7-16-27-18-19-9-2-1-3-10-19)28-21-12-8-11-20(17-21)25-22-13-4-5-14-23(22)26(32)30-29-25;/h4-5,8,11-14,17,19,27H,1-3,6-7,9-10,15-16,18H2,(H,28,31)(H,30,32);1H. The quantitative estimate of drug-likeness (QED) is 0.372. The van der Waals surface area contributed by atoms with Gasteiger partial charge in [-0.25, -0.2) is 5.10 Å². The average molecular weight is 469 g/mol. The second-order valence-electron chi connectivity index (χ2n) is 8.74. The number of carbonyl (C=O) groups excluding carboxylic acids is 1. The summed E-state index contributed by atoms with van der Waals surface area (Å²) >= 11 is 0. The van der Waals surface area contributed by atoms with Gasteiger partial charge < -0.3 is 10.6 Å². The van der Waals surface area contributed by atoms with Crippen LogP contribution in [-0.2, 0) is 4.79 Å². The fourth-order valence-electron chi connectivity index (χ4n) is 4.54. The minimum atomic E-state index is -0.206.